The molecular formula is C30H34FNO4Si. The van der Waals surface area contributed by atoms with Crippen LogP contribution in [0.25, 0.3) is 0 Å². The summed E-state index contributed by atoms with van der Waals surface area (Å²) in [4.78, 5) is 15.3. The van der Waals surface area contributed by atoms with Gasteiger partial charge in [-0.05, 0) is 80.2 Å². The lowest BCUT2D eigenvalue weighted by molar-refractivity contribution is 0.0193. The fraction of sp³-hybridized carbons (Fsp3) is 0.367. The minimum absolute atomic E-state index is 0.0143. The number of amides is 1. The van der Waals surface area contributed by atoms with Gasteiger partial charge in [-0.15, -0.1) is 0 Å². The number of aliphatic hydroxyl groups excluding tert-OH is 1. The van der Waals surface area contributed by atoms with Crippen LogP contribution in [0.4, 0.5) is 15.5 Å². The van der Waals surface area contributed by atoms with Gasteiger partial charge in [-0.3, -0.25) is 9.69 Å². The molecule has 7 heteroatoms. The van der Waals surface area contributed by atoms with Crippen molar-refractivity contribution in [1.82, 2.24) is 0 Å². The molecule has 2 aliphatic heterocycles. The summed E-state index contributed by atoms with van der Waals surface area (Å²) < 4.78 is 27.4. The average Bonchev–Trinajstić information content (AvgIpc) is 3.13. The van der Waals surface area contributed by atoms with Gasteiger partial charge in [0.1, 0.15) is 5.75 Å². The van der Waals surface area contributed by atoms with E-state index in [1.807, 2.05) is 66.7 Å². The van der Waals surface area contributed by atoms with Crippen molar-refractivity contribution >= 4 is 25.7 Å². The van der Waals surface area contributed by atoms with Crippen molar-refractivity contribution in [2.75, 3.05) is 11.5 Å². The number of anilines is 2. The predicted molar refractivity (Wildman–Crippen MR) is 146 cm³/mol. The molecular weight excluding hydrogens is 485 g/mol. The Kier molecular flexibility index (Phi) is 7.21. The van der Waals surface area contributed by atoms with E-state index < -0.39 is 8.41 Å². The van der Waals surface area contributed by atoms with E-state index in [0.29, 0.717) is 29.2 Å². The van der Waals surface area contributed by atoms with Crippen LogP contribution in [0, 0.1) is 5.92 Å². The van der Waals surface area contributed by atoms with E-state index >= 15 is 4.11 Å². The first kappa shape index (κ1) is 25.6. The molecule has 0 spiro atoms. The number of benzene rings is 3. The van der Waals surface area contributed by atoms with Crippen LogP contribution in [-0.4, -0.2) is 38.2 Å². The first-order valence-corrected chi connectivity index (χ1v) is 16.0. The number of nitrogens with zero attached hydrogens (tertiary/aromatic N) is 1. The van der Waals surface area contributed by atoms with Gasteiger partial charge in [0.05, 0.1) is 23.5 Å². The highest BCUT2D eigenvalue weighted by atomic mass is 28.4. The van der Waals surface area contributed by atoms with Gasteiger partial charge in [-0.2, -0.15) is 0 Å². The summed E-state index contributed by atoms with van der Waals surface area (Å²) in [5, 5.41) is 9.45. The maximum atomic E-state index is 15.1. The molecule has 2 heterocycles. The summed E-state index contributed by atoms with van der Waals surface area (Å²) in [6.45, 7) is 5.59. The van der Waals surface area contributed by atoms with Crippen LogP contribution in [0.1, 0.15) is 35.7 Å². The second kappa shape index (κ2) is 10.4. The highest BCUT2D eigenvalue weighted by Crippen LogP contribution is 2.47. The van der Waals surface area contributed by atoms with Crippen molar-refractivity contribution in [3.63, 3.8) is 0 Å². The number of halogens is 1. The number of hydrogen-bond acceptors (Lipinski definition) is 4. The van der Waals surface area contributed by atoms with Crippen molar-refractivity contribution < 1.29 is 23.5 Å². The number of rotatable bonds is 7. The van der Waals surface area contributed by atoms with Crippen LogP contribution < -0.4 is 9.64 Å². The molecule has 0 saturated carbocycles. The molecule has 1 fully saturated rings. The summed E-state index contributed by atoms with van der Waals surface area (Å²) in [5.74, 6) is 1.15. The molecule has 2 aliphatic rings. The highest BCUT2D eigenvalue weighted by molar-refractivity contribution is 6.72. The summed E-state index contributed by atoms with van der Waals surface area (Å²) in [7, 11) is -2.91. The molecule has 0 aromatic heterocycles. The molecule has 37 heavy (non-hydrogen) atoms. The quantitative estimate of drug-likeness (QED) is 0.269. The highest BCUT2D eigenvalue weighted by Gasteiger charge is 2.50. The Hall–Kier alpha value is -3.00. The Balaban J connectivity index is 1.34. The number of ether oxygens (including phenoxy) is 2. The van der Waals surface area contributed by atoms with Gasteiger partial charge in [0, 0.05) is 17.8 Å². The minimum atomic E-state index is -2.91. The molecule has 0 radical (unpaired) electrons. The molecule has 4 atom stereocenters. The van der Waals surface area contributed by atoms with E-state index in [0.717, 1.165) is 24.1 Å². The lowest BCUT2D eigenvalue weighted by Gasteiger charge is -2.28. The largest absolute Gasteiger partial charge is 0.454 e. The fourth-order valence-corrected chi connectivity index (χ4v) is 8.56. The second-order valence-electron chi connectivity index (χ2n) is 10.6. The summed E-state index contributed by atoms with van der Waals surface area (Å²) in [6.07, 6.45) is 1.82. The lowest BCUT2D eigenvalue weighted by Crippen LogP contribution is -2.36. The van der Waals surface area contributed by atoms with E-state index in [1.54, 1.807) is 24.1 Å². The maximum absolute atomic E-state index is 15.1. The number of aryl methyl sites for hydroxylation is 1. The van der Waals surface area contributed by atoms with Crippen molar-refractivity contribution in [3.05, 3.63) is 83.9 Å². The topological polar surface area (TPSA) is 59.0 Å². The van der Waals surface area contributed by atoms with E-state index in [-0.39, 0.29) is 36.2 Å². The number of aliphatic hydroxyl groups is 1. The molecule has 3 aromatic carbocycles. The van der Waals surface area contributed by atoms with Crippen molar-refractivity contribution in [2.24, 2.45) is 5.92 Å². The molecule has 1 saturated heterocycles. The van der Waals surface area contributed by atoms with Gasteiger partial charge in [0.15, 0.2) is 5.75 Å². The fourth-order valence-electron chi connectivity index (χ4n) is 5.96. The normalized spacial score (nSPS) is 23.3. The van der Waals surface area contributed by atoms with Gasteiger partial charge < -0.3 is 18.7 Å². The van der Waals surface area contributed by atoms with Crippen LogP contribution >= 0.6 is 0 Å². The molecule has 194 valence electrons. The van der Waals surface area contributed by atoms with Crippen molar-refractivity contribution in [1.29, 1.82) is 0 Å². The van der Waals surface area contributed by atoms with Gasteiger partial charge in [-0.1, -0.05) is 43.3 Å². The van der Waals surface area contributed by atoms with Gasteiger partial charge in [0.2, 0.25) is 8.41 Å². The van der Waals surface area contributed by atoms with Crippen LogP contribution in [0.3, 0.4) is 0 Å². The zero-order chi connectivity index (χ0) is 26.2. The van der Waals surface area contributed by atoms with Crippen molar-refractivity contribution in [2.45, 2.75) is 57.0 Å². The Labute approximate surface area is 219 Å². The number of para-hydroxylation sites is 3. The van der Waals surface area contributed by atoms with Crippen LogP contribution in [0.5, 0.6) is 11.5 Å². The second-order valence-corrected chi connectivity index (χ2v) is 14.4. The summed E-state index contributed by atoms with van der Waals surface area (Å²) >= 11 is 0. The van der Waals surface area contributed by atoms with Crippen LogP contribution in [-0.2, 0) is 11.2 Å². The predicted octanol–water partition coefficient (Wildman–Crippen LogP) is 7.03. The van der Waals surface area contributed by atoms with E-state index in [1.165, 1.54) is 0 Å². The molecule has 5 nitrogen and oxygen atoms in total. The van der Waals surface area contributed by atoms with E-state index in [9.17, 15) is 9.90 Å². The van der Waals surface area contributed by atoms with E-state index in [4.69, 9.17) is 9.47 Å². The number of hydrogen-bond donors (Lipinski definition) is 1. The Morgan fingerprint density at radius 3 is 2.30 bits per heavy atom. The van der Waals surface area contributed by atoms with Gasteiger partial charge in [0.25, 0.3) is 5.91 Å². The summed E-state index contributed by atoms with van der Waals surface area (Å²) in [5.41, 5.74) is 3.00. The first-order valence-electron chi connectivity index (χ1n) is 13.0. The number of carbonyl (C=O) groups excluding carboxylic acids is 1. The third-order valence-corrected chi connectivity index (χ3v) is 10.2. The maximum Gasteiger partial charge on any atom is 0.266 e. The molecule has 5 rings (SSSR count). The molecule has 0 aliphatic carbocycles. The Morgan fingerprint density at radius 1 is 0.919 bits per heavy atom. The minimum Gasteiger partial charge on any atom is -0.454 e. The van der Waals surface area contributed by atoms with Gasteiger partial charge in [-0.25, -0.2) is 0 Å². The van der Waals surface area contributed by atoms with Crippen molar-refractivity contribution in [3.8, 4) is 11.5 Å². The molecule has 0 unspecified atom stereocenters. The van der Waals surface area contributed by atoms with Crippen LogP contribution in [0.15, 0.2) is 72.8 Å². The molecule has 1 amide bonds. The monoisotopic (exact) mass is 519 g/mol. The first-order chi connectivity index (χ1) is 17.8. The third-order valence-electron chi connectivity index (χ3n) is 7.67. The Morgan fingerprint density at radius 2 is 1.59 bits per heavy atom. The molecule has 0 bridgehead atoms. The Bertz CT molecular complexity index is 1260. The molecule has 1 N–H and O–H groups in total. The lowest BCUT2D eigenvalue weighted by atomic mass is 9.95. The molecule has 3 aromatic rings. The zero-order valence-electron chi connectivity index (χ0n) is 21.6. The van der Waals surface area contributed by atoms with Gasteiger partial charge >= 0.3 is 0 Å². The third kappa shape index (κ3) is 5.08. The smallest absolute Gasteiger partial charge is 0.266 e. The van der Waals surface area contributed by atoms with E-state index in [2.05, 4.69) is 6.92 Å². The average molecular weight is 520 g/mol. The SMILES string of the molecule is C[C@H]1[C@H]([Si](C)(C)F)[C@@H](CCO)O[C@H]1CCc1ccc(N2C(=O)c3ccccc3Oc3ccccc32)cc1. The zero-order valence-corrected chi connectivity index (χ0v) is 22.6. The van der Waals surface area contributed by atoms with Crippen LogP contribution in [0.2, 0.25) is 18.6 Å². The standard InChI is InChI=1S/C30H34FNO4Si/c1-20-25(35-28(18-19-33)29(20)37(2,3)31)17-14-21-12-15-22(16-13-21)32-24-9-5-7-11-27(24)36-26-10-6-4-8-23(26)30(32)34/h4-13,15-16,20,25,28-29,33H,14,17-19H2,1-3H3/t20-,25+,28-,29+/m1/s1. The number of carbonyl (C=O) groups is 1. The number of fused-ring (bicyclic) bond motifs is 2. The summed E-state index contributed by atoms with van der Waals surface area (Å²) in [6, 6.07) is 22.9.